The Morgan fingerprint density at radius 3 is 2.62 bits per heavy atom. The van der Waals surface area contributed by atoms with Gasteiger partial charge in [-0.2, -0.15) is 5.10 Å². The molecule has 1 fully saturated rings. The molecule has 3 heterocycles. The Morgan fingerprint density at radius 2 is 1.88 bits per heavy atom. The van der Waals surface area contributed by atoms with Gasteiger partial charge < -0.3 is 9.47 Å². The number of aromatic nitrogens is 4. The highest BCUT2D eigenvalue weighted by molar-refractivity contribution is 5.57. The second-order valence-electron chi connectivity index (χ2n) is 6.91. The van der Waals surface area contributed by atoms with Crippen LogP contribution in [0.5, 0.6) is 0 Å². The molecule has 26 heavy (non-hydrogen) atoms. The van der Waals surface area contributed by atoms with Crippen molar-refractivity contribution in [3.63, 3.8) is 0 Å². The van der Waals surface area contributed by atoms with Crippen molar-refractivity contribution in [2.45, 2.75) is 32.2 Å². The summed E-state index contributed by atoms with van der Waals surface area (Å²) in [6.45, 7) is 5.68. The number of imidazole rings is 1. The molecule has 6 heteroatoms. The van der Waals surface area contributed by atoms with Gasteiger partial charge >= 0.3 is 0 Å². The highest BCUT2D eigenvalue weighted by atomic mass is 19.1. The lowest BCUT2D eigenvalue weighted by atomic mass is 10.1. The SMILES string of the molecule is CC[C@@H](CN1CCCC1)n1cncc1-c1cnn(-c2ccc(F)cc2)c1. The van der Waals surface area contributed by atoms with E-state index in [-0.39, 0.29) is 5.82 Å². The fraction of sp³-hybridized carbons (Fsp3) is 0.400. The standard InChI is InChI=1S/C20H24FN5/c1-2-18(14-24-9-3-4-10-24)25-15-22-12-20(25)16-11-23-26(13-16)19-7-5-17(21)6-8-19/h5-8,11-13,15,18H,2-4,9-10,14H2,1H3/t18-/m0/s1. The van der Waals surface area contributed by atoms with Crippen molar-refractivity contribution in [1.82, 2.24) is 24.2 Å². The fourth-order valence-corrected chi connectivity index (χ4v) is 3.69. The number of halogens is 1. The number of hydrogen-bond donors (Lipinski definition) is 0. The molecule has 1 aromatic carbocycles. The molecule has 0 aliphatic carbocycles. The molecule has 0 amide bonds. The third kappa shape index (κ3) is 3.42. The molecule has 0 N–H and O–H groups in total. The Labute approximate surface area is 153 Å². The van der Waals surface area contributed by atoms with Gasteiger partial charge in [0.15, 0.2) is 0 Å². The van der Waals surface area contributed by atoms with E-state index in [0.717, 1.165) is 29.9 Å². The van der Waals surface area contributed by atoms with Gasteiger partial charge in [0.25, 0.3) is 0 Å². The van der Waals surface area contributed by atoms with E-state index in [1.165, 1.54) is 38.1 Å². The summed E-state index contributed by atoms with van der Waals surface area (Å²) in [6.07, 6.45) is 11.3. The van der Waals surface area contributed by atoms with Gasteiger partial charge in [-0.15, -0.1) is 0 Å². The first kappa shape index (κ1) is 17.0. The van der Waals surface area contributed by atoms with E-state index in [4.69, 9.17) is 0 Å². The Kier molecular flexibility index (Phi) is 4.84. The molecular formula is C20H24FN5. The first-order valence-electron chi connectivity index (χ1n) is 9.30. The molecule has 1 aliphatic heterocycles. The van der Waals surface area contributed by atoms with Crippen molar-refractivity contribution in [2.24, 2.45) is 0 Å². The van der Waals surface area contributed by atoms with Crippen LogP contribution in [0.1, 0.15) is 32.2 Å². The summed E-state index contributed by atoms with van der Waals surface area (Å²) in [5, 5.41) is 4.44. The Bertz CT molecular complexity index is 845. The molecule has 1 atom stereocenters. The van der Waals surface area contributed by atoms with E-state index in [1.54, 1.807) is 16.8 Å². The highest BCUT2D eigenvalue weighted by Crippen LogP contribution is 2.26. The monoisotopic (exact) mass is 353 g/mol. The maximum absolute atomic E-state index is 13.1. The van der Waals surface area contributed by atoms with Gasteiger partial charge in [0.05, 0.1) is 30.1 Å². The number of rotatable bonds is 6. The van der Waals surface area contributed by atoms with Crippen LogP contribution < -0.4 is 0 Å². The molecule has 4 rings (SSSR count). The van der Waals surface area contributed by atoms with Gasteiger partial charge in [0.1, 0.15) is 5.82 Å². The molecule has 1 aliphatic rings. The Hall–Kier alpha value is -2.47. The van der Waals surface area contributed by atoms with Crippen LogP contribution in [0.15, 0.2) is 49.2 Å². The number of benzene rings is 1. The van der Waals surface area contributed by atoms with Gasteiger partial charge in [-0.25, -0.2) is 14.1 Å². The van der Waals surface area contributed by atoms with Gasteiger partial charge in [-0.1, -0.05) is 6.92 Å². The quantitative estimate of drug-likeness (QED) is 0.674. The van der Waals surface area contributed by atoms with Gasteiger partial charge in [0.2, 0.25) is 0 Å². The zero-order chi connectivity index (χ0) is 17.9. The molecule has 136 valence electrons. The van der Waals surface area contributed by atoms with Crippen molar-refractivity contribution in [3.8, 4) is 16.9 Å². The first-order chi connectivity index (χ1) is 12.7. The van der Waals surface area contributed by atoms with Crippen molar-refractivity contribution < 1.29 is 4.39 Å². The molecule has 0 spiro atoms. The number of hydrogen-bond acceptors (Lipinski definition) is 3. The average molecular weight is 353 g/mol. The van der Waals surface area contributed by atoms with Crippen molar-refractivity contribution in [1.29, 1.82) is 0 Å². The van der Waals surface area contributed by atoms with Crippen LogP contribution in [0.3, 0.4) is 0 Å². The summed E-state index contributed by atoms with van der Waals surface area (Å²) in [7, 11) is 0. The Balaban J connectivity index is 1.59. The fourth-order valence-electron chi connectivity index (χ4n) is 3.69. The number of likely N-dealkylation sites (tertiary alicyclic amines) is 1. The second kappa shape index (κ2) is 7.41. The molecule has 1 saturated heterocycles. The van der Waals surface area contributed by atoms with Gasteiger partial charge in [-0.3, -0.25) is 0 Å². The van der Waals surface area contributed by atoms with Crippen LogP contribution in [0.2, 0.25) is 0 Å². The van der Waals surface area contributed by atoms with E-state index < -0.39 is 0 Å². The normalized spacial score (nSPS) is 16.2. The predicted octanol–water partition coefficient (Wildman–Crippen LogP) is 3.92. The number of nitrogens with zero attached hydrogens (tertiary/aromatic N) is 5. The van der Waals surface area contributed by atoms with Crippen LogP contribution >= 0.6 is 0 Å². The Morgan fingerprint density at radius 1 is 1.12 bits per heavy atom. The van der Waals surface area contributed by atoms with Gasteiger partial charge in [-0.05, 0) is 56.6 Å². The second-order valence-corrected chi connectivity index (χ2v) is 6.91. The van der Waals surface area contributed by atoms with E-state index >= 15 is 0 Å². The smallest absolute Gasteiger partial charge is 0.123 e. The lowest BCUT2D eigenvalue weighted by molar-refractivity contribution is 0.273. The summed E-state index contributed by atoms with van der Waals surface area (Å²) in [5.41, 5.74) is 2.93. The van der Waals surface area contributed by atoms with Crippen LogP contribution in [0.4, 0.5) is 4.39 Å². The van der Waals surface area contributed by atoms with E-state index in [9.17, 15) is 4.39 Å². The van der Waals surface area contributed by atoms with E-state index in [0.29, 0.717) is 6.04 Å². The lowest BCUT2D eigenvalue weighted by Crippen LogP contribution is -2.28. The third-order valence-corrected chi connectivity index (χ3v) is 5.17. The first-order valence-corrected chi connectivity index (χ1v) is 9.30. The molecule has 0 unspecified atom stereocenters. The summed E-state index contributed by atoms with van der Waals surface area (Å²) in [4.78, 5) is 6.93. The molecule has 3 aromatic rings. The van der Waals surface area contributed by atoms with Crippen molar-refractivity contribution in [2.75, 3.05) is 19.6 Å². The average Bonchev–Trinajstić information content (AvgIpc) is 3.40. The minimum Gasteiger partial charge on any atom is -0.326 e. The molecular weight excluding hydrogens is 329 g/mol. The van der Waals surface area contributed by atoms with Crippen LogP contribution in [-0.2, 0) is 0 Å². The van der Waals surface area contributed by atoms with Gasteiger partial charge in [0, 0.05) is 24.3 Å². The summed E-state index contributed by atoms with van der Waals surface area (Å²) < 4.78 is 17.2. The lowest BCUT2D eigenvalue weighted by Gasteiger charge is -2.25. The topological polar surface area (TPSA) is 38.9 Å². The summed E-state index contributed by atoms with van der Waals surface area (Å²) in [6, 6.07) is 6.76. The van der Waals surface area contributed by atoms with E-state index in [1.807, 2.05) is 24.9 Å². The predicted molar refractivity (Wildman–Crippen MR) is 99.7 cm³/mol. The van der Waals surface area contributed by atoms with Crippen LogP contribution in [0.25, 0.3) is 16.9 Å². The molecule has 0 saturated carbocycles. The maximum atomic E-state index is 13.1. The van der Waals surface area contributed by atoms with Crippen LogP contribution in [0, 0.1) is 5.82 Å². The zero-order valence-corrected chi connectivity index (χ0v) is 15.1. The van der Waals surface area contributed by atoms with E-state index in [2.05, 4.69) is 26.5 Å². The summed E-state index contributed by atoms with van der Waals surface area (Å²) in [5.74, 6) is -0.244. The zero-order valence-electron chi connectivity index (χ0n) is 15.1. The third-order valence-electron chi connectivity index (χ3n) is 5.17. The minimum atomic E-state index is -0.244. The molecule has 2 aromatic heterocycles. The van der Waals surface area contributed by atoms with Crippen molar-refractivity contribution in [3.05, 3.63) is 55.0 Å². The summed E-state index contributed by atoms with van der Waals surface area (Å²) >= 11 is 0. The maximum Gasteiger partial charge on any atom is 0.123 e. The van der Waals surface area contributed by atoms with Crippen LogP contribution in [-0.4, -0.2) is 43.9 Å². The highest BCUT2D eigenvalue weighted by Gasteiger charge is 2.20. The van der Waals surface area contributed by atoms with Crippen molar-refractivity contribution >= 4 is 0 Å². The molecule has 0 radical (unpaired) electrons. The minimum absolute atomic E-state index is 0.244. The molecule has 0 bridgehead atoms. The molecule has 5 nitrogen and oxygen atoms in total. The largest absolute Gasteiger partial charge is 0.326 e.